The molecular formula is C21H18F3N3OS. The standard InChI is InChI=1S/C21H18F3N3OS/c1-13-6-5-8-16-18(10-14(2)26-20(13)16)29-12-19(28)27-25-11-15-7-3-4-9-17(15)21(22,23)24/h3-11H,12H2,1-2H3,(H,27,28). The minimum atomic E-state index is -4.49. The molecule has 1 aromatic heterocycles. The molecular weight excluding hydrogens is 399 g/mol. The molecule has 0 aliphatic carbocycles. The Morgan fingerprint density at radius 1 is 1.17 bits per heavy atom. The van der Waals surface area contributed by atoms with E-state index < -0.39 is 17.6 Å². The number of thioether (sulfide) groups is 1. The van der Waals surface area contributed by atoms with Gasteiger partial charge in [-0.15, -0.1) is 11.8 Å². The number of nitrogens with zero attached hydrogens (tertiary/aromatic N) is 2. The number of fused-ring (bicyclic) bond motifs is 1. The number of hydrazone groups is 1. The van der Waals surface area contributed by atoms with Crippen molar-refractivity contribution < 1.29 is 18.0 Å². The summed E-state index contributed by atoms with van der Waals surface area (Å²) in [5.41, 5.74) is 4.14. The molecule has 0 bridgehead atoms. The summed E-state index contributed by atoms with van der Waals surface area (Å²) >= 11 is 1.33. The fraction of sp³-hybridized carbons (Fsp3) is 0.190. The predicted octanol–water partition coefficient (Wildman–Crippen LogP) is 5.11. The maximum absolute atomic E-state index is 13.0. The average molecular weight is 417 g/mol. The summed E-state index contributed by atoms with van der Waals surface area (Å²) in [5, 5.41) is 4.63. The largest absolute Gasteiger partial charge is 0.417 e. The van der Waals surface area contributed by atoms with Crippen molar-refractivity contribution in [3.05, 3.63) is 70.9 Å². The number of amides is 1. The lowest BCUT2D eigenvalue weighted by Crippen LogP contribution is -2.20. The maximum atomic E-state index is 13.0. The number of nitrogens with one attached hydrogen (secondary N) is 1. The van der Waals surface area contributed by atoms with Gasteiger partial charge in [0.1, 0.15) is 0 Å². The van der Waals surface area contributed by atoms with Gasteiger partial charge >= 0.3 is 6.18 Å². The zero-order valence-electron chi connectivity index (χ0n) is 15.7. The smallest absolute Gasteiger partial charge is 0.272 e. The van der Waals surface area contributed by atoms with Crippen molar-refractivity contribution in [1.29, 1.82) is 0 Å². The Morgan fingerprint density at radius 3 is 2.69 bits per heavy atom. The number of carbonyl (C=O) groups excluding carboxylic acids is 1. The van der Waals surface area contributed by atoms with Crippen LogP contribution < -0.4 is 5.43 Å². The highest BCUT2D eigenvalue weighted by molar-refractivity contribution is 8.00. The Morgan fingerprint density at radius 2 is 1.93 bits per heavy atom. The highest BCUT2D eigenvalue weighted by Gasteiger charge is 2.32. The van der Waals surface area contributed by atoms with Crippen LogP contribution in [0.5, 0.6) is 0 Å². The highest BCUT2D eigenvalue weighted by atomic mass is 32.2. The molecule has 1 amide bonds. The van der Waals surface area contributed by atoms with Crippen LogP contribution in [-0.2, 0) is 11.0 Å². The lowest BCUT2D eigenvalue weighted by Gasteiger charge is -2.09. The number of alkyl halides is 3. The molecule has 0 atom stereocenters. The van der Waals surface area contributed by atoms with Crippen LogP contribution in [0.1, 0.15) is 22.4 Å². The molecule has 0 aliphatic heterocycles. The summed E-state index contributed by atoms with van der Waals surface area (Å²) in [6, 6.07) is 12.8. The normalized spacial score (nSPS) is 11.9. The minimum absolute atomic E-state index is 0.0742. The van der Waals surface area contributed by atoms with Crippen LogP contribution >= 0.6 is 11.8 Å². The fourth-order valence-corrected chi connectivity index (χ4v) is 3.74. The molecule has 3 aromatic rings. The number of benzene rings is 2. The van der Waals surface area contributed by atoms with Crippen LogP contribution in [0, 0.1) is 13.8 Å². The zero-order chi connectivity index (χ0) is 21.0. The molecule has 1 heterocycles. The molecule has 150 valence electrons. The van der Waals surface area contributed by atoms with Gasteiger partial charge in [-0.05, 0) is 31.5 Å². The third-order valence-corrected chi connectivity index (χ3v) is 5.20. The number of hydrogen-bond acceptors (Lipinski definition) is 4. The number of rotatable bonds is 5. The first-order valence-electron chi connectivity index (χ1n) is 8.73. The Labute approximate surface area is 170 Å². The molecule has 8 heteroatoms. The minimum Gasteiger partial charge on any atom is -0.272 e. The summed E-state index contributed by atoms with van der Waals surface area (Å²) in [5.74, 6) is -0.337. The van der Waals surface area contributed by atoms with Gasteiger partial charge in [-0.2, -0.15) is 18.3 Å². The van der Waals surface area contributed by atoms with Crippen molar-refractivity contribution in [1.82, 2.24) is 10.4 Å². The van der Waals surface area contributed by atoms with E-state index in [-0.39, 0.29) is 11.3 Å². The van der Waals surface area contributed by atoms with Crippen LogP contribution in [0.4, 0.5) is 13.2 Å². The number of aromatic nitrogens is 1. The molecule has 0 spiro atoms. The van der Waals surface area contributed by atoms with Crippen molar-refractivity contribution in [2.45, 2.75) is 24.9 Å². The van der Waals surface area contributed by atoms with Gasteiger partial charge in [-0.1, -0.05) is 36.4 Å². The quantitative estimate of drug-likeness (QED) is 0.356. The molecule has 3 rings (SSSR count). The Bertz CT molecular complexity index is 1080. The Balaban J connectivity index is 1.67. The van der Waals surface area contributed by atoms with Crippen molar-refractivity contribution >= 4 is 34.8 Å². The van der Waals surface area contributed by atoms with Gasteiger partial charge in [0.15, 0.2) is 0 Å². The van der Waals surface area contributed by atoms with E-state index in [9.17, 15) is 18.0 Å². The SMILES string of the molecule is Cc1cc(SCC(=O)NN=Cc2ccccc2C(F)(F)F)c2cccc(C)c2n1. The van der Waals surface area contributed by atoms with E-state index in [1.165, 1.54) is 30.0 Å². The molecule has 1 N–H and O–H groups in total. The summed E-state index contributed by atoms with van der Waals surface area (Å²) in [6.45, 7) is 3.86. The van der Waals surface area contributed by atoms with E-state index in [0.29, 0.717) is 0 Å². The van der Waals surface area contributed by atoms with Crippen molar-refractivity contribution in [3.63, 3.8) is 0 Å². The highest BCUT2D eigenvalue weighted by Crippen LogP contribution is 2.31. The third kappa shape index (κ3) is 5.14. The lowest BCUT2D eigenvalue weighted by molar-refractivity contribution is -0.137. The molecule has 0 radical (unpaired) electrons. The summed E-state index contributed by atoms with van der Waals surface area (Å²) in [6.07, 6.45) is -3.48. The van der Waals surface area contributed by atoms with Gasteiger partial charge in [-0.25, -0.2) is 5.43 Å². The second-order valence-electron chi connectivity index (χ2n) is 6.40. The molecule has 0 fully saturated rings. The Kier molecular flexibility index (Phi) is 6.22. The molecule has 4 nitrogen and oxygen atoms in total. The first-order chi connectivity index (χ1) is 13.8. The average Bonchev–Trinajstić information content (AvgIpc) is 2.66. The number of aryl methyl sites for hydroxylation is 2. The van der Waals surface area contributed by atoms with Crippen molar-refractivity contribution in [2.75, 3.05) is 5.75 Å². The molecule has 0 aliphatic rings. The monoisotopic (exact) mass is 417 g/mol. The first kappa shape index (κ1) is 20.9. The van der Waals surface area contributed by atoms with E-state index in [0.717, 1.165) is 39.3 Å². The number of halogens is 3. The second-order valence-corrected chi connectivity index (χ2v) is 7.42. The molecule has 0 unspecified atom stereocenters. The van der Waals surface area contributed by atoms with Crippen molar-refractivity contribution in [2.24, 2.45) is 5.10 Å². The van der Waals surface area contributed by atoms with Crippen LogP contribution in [0.3, 0.4) is 0 Å². The van der Waals surface area contributed by atoms with E-state index in [1.54, 1.807) is 0 Å². The van der Waals surface area contributed by atoms with Gasteiger partial charge in [0.2, 0.25) is 5.91 Å². The first-order valence-corrected chi connectivity index (χ1v) is 9.72. The molecule has 0 saturated carbocycles. The number of hydrogen-bond donors (Lipinski definition) is 1. The van der Waals surface area contributed by atoms with Gasteiger partial charge in [-0.3, -0.25) is 9.78 Å². The number of carbonyl (C=O) groups is 1. The second kappa shape index (κ2) is 8.65. The van der Waals surface area contributed by atoms with Gasteiger partial charge in [0.25, 0.3) is 0 Å². The van der Waals surface area contributed by atoms with Crippen LogP contribution in [-0.4, -0.2) is 22.9 Å². The van der Waals surface area contributed by atoms with Gasteiger partial charge in [0, 0.05) is 21.5 Å². The Hall–Kier alpha value is -2.87. The third-order valence-electron chi connectivity index (χ3n) is 4.15. The topological polar surface area (TPSA) is 54.4 Å². The van der Waals surface area contributed by atoms with Crippen LogP contribution in [0.15, 0.2) is 58.5 Å². The van der Waals surface area contributed by atoms with Crippen molar-refractivity contribution in [3.8, 4) is 0 Å². The van der Waals surface area contributed by atoms with E-state index >= 15 is 0 Å². The lowest BCUT2D eigenvalue weighted by atomic mass is 10.1. The van der Waals surface area contributed by atoms with Crippen LogP contribution in [0.2, 0.25) is 0 Å². The maximum Gasteiger partial charge on any atom is 0.417 e. The van der Waals surface area contributed by atoms with Gasteiger partial charge < -0.3 is 0 Å². The van der Waals surface area contributed by atoms with Gasteiger partial charge in [0.05, 0.1) is 23.0 Å². The molecule has 2 aromatic carbocycles. The summed E-state index contributed by atoms with van der Waals surface area (Å²) in [4.78, 5) is 17.6. The number of para-hydroxylation sites is 1. The van der Waals surface area contributed by atoms with Crippen LogP contribution in [0.25, 0.3) is 10.9 Å². The van der Waals surface area contributed by atoms with E-state index in [4.69, 9.17) is 0 Å². The fourth-order valence-electron chi connectivity index (χ4n) is 2.82. The molecule has 0 saturated heterocycles. The number of pyridine rings is 1. The zero-order valence-corrected chi connectivity index (χ0v) is 16.6. The predicted molar refractivity (Wildman–Crippen MR) is 109 cm³/mol. The summed E-state index contributed by atoms with van der Waals surface area (Å²) in [7, 11) is 0. The summed E-state index contributed by atoms with van der Waals surface area (Å²) < 4.78 is 38.9. The van der Waals surface area contributed by atoms with E-state index in [1.807, 2.05) is 38.1 Å². The van der Waals surface area contributed by atoms with E-state index in [2.05, 4.69) is 15.5 Å². The molecule has 29 heavy (non-hydrogen) atoms.